The molecule has 3 rings (SSSR count). The molecular weight excluding hydrogens is 444 g/mol. The largest absolute Gasteiger partial charge is 0.361 e. The second-order valence-corrected chi connectivity index (χ2v) is 8.67. The SMILES string of the molecule is O=C(CCCCC[C@H](NC(=O)CCCc1c[nH]c2ccccc12)C(=O)NCc1ccccc1)NO. The number of H-pyrrole nitrogens is 1. The molecule has 5 N–H and O–H groups in total. The van der Waals surface area contributed by atoms with Crippen molar-refractivity contribution in [1.82, 2.24) is 21.1 Å². The van der Waals surface area contributed by atoms with Crippen LogP contribution in [0.1, 0.15) is 56.1 Å². The lowest BCUT2D eigenvalue weighted by Crippen LogP contribution is -2.46. The number of hydroxylamine groups is 1. The molecule has 0 fully saturated rings. The molecule has 0 aliphatic rings. The zero-order valence-electron chi connectivity index (χ0n) is 19.9. The van der Waals surface area contributed by atoms with Crippen LogP contribution in [0, 0.1) is 0 Å². The van der Waals surface area contributed by atoms with Crippen molar-refractivity contribution in [2.75, 3.05) is 0 Å². The van der Waals surface area contributed by atoms with Crippen molar-refractivity contribution in [3.05, 3.63) is 71.9 Å². The second kappa shape index (κ2) is 13.9. The minimum Gasteiger partial charge on any atom is -0.361 e. The summed E-state index contributed by atoms with van der Waals surface area (Å²) < 4.78 is 0. The van der Waals surface area contributed by atoms with Crippen LogP contribution in [-0.2, 0) is 27.3 Å². The summed E-state index contributed by atoms with van der Waals surface area (Å²) in [6.07, 6.45) is 6.47. The predicted molar refractivity (Wildman–Crippen MR) is 134 cm³/mol. The van der Waals surface area contributed by atoms with Crippen LogP contribution in [0.3, 0.4) is 0 Å². The maximum atomic E-state index is 12.9. The quantitative estimate of drug-likeness (QED) is 0.138. The minimum atomic E-state index is -0.633. The van der Waals surface area contributed by atoms with E-state index >= 15 is 0 Å². The summed E-state index contributed by atoms with van der Waals surface area (Å²) in [6, 6.07) is 17.1. The predicted octanol–water partition coefficient (Wildman–Crippen LogP) is 3.75. The zero-order valence-corrected chi connectivity index (χ0v) is 19.9. The Kier molecular flexibility index (Phi) is 10.3. The molecule has 8 nitrogen and oxygen atoms in total. The average molecular weight is 479 g/mol. The van der Waals surface area contributed by atoms with Crippen molar-refractivity contribution >= 4 is 28.6 Å². The first-order chi connectivity index (χ1) is 17.1. The number of carbonyl (C=O) groups excluding carboxylic acids is 3. The van der Waals surface area contributed by atoms with Crippen molar-refractivity contribution in [2.24, 2.45) is 0 Å². The smallest absolute Gasteiger partial charge is 0.243 e. The molecule has 0 radical (unpaired) electrons. The van der Waals surface area contributed by atoms with Crippen molar-refractivity contribution < 1.29 is 19.6 Å². The van der Waals surface area contributed by atoms with E-state index in [1.165, 1.54) is 10.9 Å². The Morgan fingerprint density at radius 3 is 2.40 bits per heavy atom. The lowest BCUT2D eigenvalue weighted by Gasteiger charge is -2.19. The number of fused-ring (bicyclic) bond motifs is 1. The molecule has 35 heavy (non-hydrogen) atoms. The van der Waals surface area contributed by atoms with E-state index in [0.29, 0.717) is 45.1 Å². The molecule has 0 aliphatic heterocycles. The number of benzene rings is 2. The summed E-state index contributed by atoms with van der Waals surface area (Å²) in [7, 11) is 0. The van der Waals surface area contributed by atoms with Gasteiger partial charge in [0.15, 0.2) is 0 Å². The number of hydrogen-bond donors (Lipinski definition) is 5. The summed E-state index contributed by atoms with van der Waals surface area (Å²) in [5.74, 6) is -0.790. The van der Waals surface area contributed by atoms with Crippen LogP contribution in [0.25, 0.3) is 10.9 Å². The summed E-state index contributed by atoms with van der Waals surface area (Å²) >= 11 is 0. The van der Waals surface area contributed by atoms with E-state index in [1.807, 2.05) is 54.7 Å². The number of aromatic amines is 1. The van der Waals surface area contributed by atoms with Gasteiger partial charge in [-0.25, -0.2) is 5.48 Å². The van der Waals surface area contributed by atoms with Crippen LogP contribution in [-0.4, -0.2) is 34.0 Å². The van der Waals surface area contributed by atoms with Gasteiger partial charge >= 0.3 is 0 Å². The van der Waals surface area contributed by atoms with Crippen LogP contribution < -0.4 is 16.1 Å². The van der Waals surface area contributed by atoms with Crippen molar-refractivity contribution in [2.45, 2.75) is 64.0 Å². The van der Waals surface area contributed by atoms with Gasteiger partial charge in [-0.1, -0.05) is 61.4 Å². The fourth-order valence-corrected chi connectivity index (χ4v) is 4.09. The number of aryl methyl sites for hydroxylation is 1. The second-order valence-electron chi connectivity index (χ2n) is 8.67. The first-order valence-corrected chi connectivity index (χ1v) is 12.2. The molecule has 0 bridgehead atoms. The number of amides is 3. The van der Waals surface area contributed by atoms with Gasteiger partial charge in [-0.05, 0) is 42.9 Å². The molecule has 3 amide bonds. The molecule has 1 heterocycles. The van der Waals surface area contributed by atoms with E-state index in [2.05, 4.69) is 21.7 Å². The van der Waals surface area contributed by atoms with E-state index in [9.17, 15) is 14.4 Å². The Labute approximate surface area is 205 Å². The molecule has 1 atom stereocenters. The third kappa shape index (κ3) is 8.57. The van der Waals surface area contributed by atoms with Crippen molar-refractivity contribution in [1.29, 1.82) is 0 Å². The topological polar surface area (TPSA) is 123 Å². The first-order valence-electron chi connectivity index (χ1n) is 12.2. The summed E-state index contributed by atoms with van der Waals surface area (Å²) in [5.41, 5.74) is 4.86. The summed E-state index contributed by atoms with van der Waals surface area (Å²) in [5, 5.41) is 15.6. The standard InChI is InChI=1S/C27H34N4O4/c32-25(17-9-12-21-19-28-23-14-8-7-13-22(21)23)30-24(15-5-2-6-16-26(33)31-35)27(34)29-18-20-10-3-1-4-11-20/h1,3-4,7-8,10-11,13-14,19,24,28,35H,2,5-6,9,12,15-18H2,(H,29,34)(H,30,32)(H,31,33)/t24-/m0/s1. The average Bonchev–Trinajstić information content (AvgIpc) is 3.30. The number of nitrogens with one attached hydrogen (secondary N) is 4. The molecule has 0 aliphatic carbocycles. The van der Waals surface area contributed by atoms with Crippen LogP contribution in [0.2, 0.25) is 0 Å². The van der Waals surface area contributed by atoms with Gasteiger partial charge in [-0.15, -0.1) is 0 Å². The molecule has 186 valence electrons. The van der Waals surface area contributed by atoms with Crippen LogP contribution >= 0.6 is 0 Å². The number of carbonyl (C=O) groups is 3. The number of aromatic nitrogens is 1. The van der Waals surface area contributed by atoms with Crippen LogP contribution in [0.15, 0.2) is 60.8 Å². The molecule has 2 aromatic carbocycles. The Balaban J connectivity index is 1.48. The Morgan fingerprint density at radius 1 is 0.857 bits per heavy atom. The summed E-state index contributed by atoms with van der Waals surface area (Å²) in [6.45, 7) is 0.392. The number of rotatable bonds is 14. The van der Waals surface area contributed by atoms with Gasteiger partial charge in [0.05, 0.1) is 0 Å². The third-order valence-corrected chi connectivity index (χ3v) is 6.01. The van der Waals surface area contributed by atoms with Gasteiger partial charge in [0.2, 0.25) is 17.7 Å². The third-order valence-electron chi connectivity index (χ3n) is 6.01. The van der Waals surface area contributed by atoms with E-state index in [4.69, 9.17) is 5.21 Å². The minimum absolute atomic E-state index is 0.149. The molecule has 8 heteroatoms. The highest BCUT2D eigenvalue weighted by Gasteiger charge is 2.20. The molecular formula is C27H34N4O4. The highest BCUT2D eigenvalue weighted by Crippen LogP contribution is 2.19. The Morgan fingerprint density at radius 2 is 1.60 bits per heavy atom. The van der Waals surface area contributed by atoms with Crippen LogP contribution in [0.5, 0.6) is 0 Å². The number of para-hydroxylation sites is 1. The molecule has 0 spiro atoms. The van der Waals surface area contributed by atoms with Gasteiger partial charge in [0.25, 0.3) is 0 Å². The number of hydrogen-bond acceptors (Lipinski definition) is 4. The Bertz CT molecular complexity index is 1100. The first kappa shape index (κ1) is 26.0. The van der Waals surface area contributed by atoms with Gasteiger partial charge in [-0.2, -0.15) is 0 Å². The van der Waals surface area contributed by atoms with Gasteiger partial charge < -0.3 is 15.6 Å². The molecule has 0 saturated carbocycles. The number of unbranched alkanes of at least 4 members (excludes halogenated alkanes) is 2. The summed E-state index contributed by atoms with van der Waals surface area (Å²) in [4.78, 5) is 39.9. The van der Waals surface area contributed by atoms with Gasteiger partial charge in [0.1, 0.15) is 6.04 Å². The molecule has 0 unspecified atom stereocenters. The van der Waals surface area contributed by atoms with Crippen molar-refractivity contribution in [3.63, 3.8) is 0 Å². The van der Waals surface area contributed by atoms with Crippen LogP contribution in [0.4, 0.5) is 0 Å². The monoisotopic (exact) mass is 478 g/mol. The van der Waals surface area contributed by atoms with E-state index in [0.717, 1.165) is 17.5 Å². The van der Waals surface area contributed by atoms with E-state index in [-0.39, 0.29) is 18.2 Å². The lowest BCUT2D eigenvalue weighted by molar-refractivity contribution is -0.129. The zero-order chi connectivity index (χ0) is 24.9. The van der Waals surface area contributed by atoms with E-state index < -0.39 is 11.9 Å². The highest BCUT2D eigenvalue weighted by molar-refractivity contribution is 5.87. The molecule has 0 saturated heterocycles. The highest BCUT2D eigenvalue weighted by atomic mass is 16.5. The molecule has 1 aromatic heterocycles. The van der Waals surface area contributed by atoms with E-state index in [1.54, 1.807) is 5.48 Å². The van der Waals surface area contributed by atoms with Gasteiger partial charge in [0, 0.05) is 36.5 Å². The fourth-order valence-electron chi connectivity index (χ4n) is 4.09. The molecule has 3 aromatic rings. The van der Waals surface area contributed by atoms with Gasteiger partial charge in [-0.3, -0.25) is 19.6 Å². The maximum Gasteiger partial charge on any atom is 0.243 e. The Hall–Kier alpha value is -3.65. The fraction of sp³-hybridized carbons (Fsp3) is 0.370. The lowest BCUT2D eigenvalue weighted by atomic mass is 10.0. The van der Waals surface area contributed by atoms with Crippen molar-refractivity contribution in [3.8, 4) is 0 Å². The normalized spacial score (nSPS) is 11.7. The maximum absolute atomic E-state index is 12.9.